The summed E-state index contributed by atoms with van der Waals surface area (Å²) >= 11 is 3.73. The van der Waals surface area contributed by atoms with Crippen LogP contribution in [0.15, 0.2) is 50.7 Å². The van der Waals surface area contributed by atoms with Crippen LogP contribution in [0.25, 0.3) is 6.08 Å². The third-order valence-electron chi connectivity index (χ3n) is 4.10. The summed E-state index contributed by atoms with van der Waals surface area (Å²) < 4.78 is 15.0. The Balaban J connectivity index is 1.62. The Labute approximate surface area is 184 Å². The molecule has 1 aromatic carbocycles. The Kier molecular flexibility index (Phi) is 5.75. The first-order chi connectivity index (χ1) is 14.5. The van der Waals surface area contributed by atoms with Gasteiger partial charge in [-0.15, -0.1) is 11.3 Å². The summed E-state index contributed by atoms with van der Waals surface area (Å²) in [6, 6.07) is 8.34. The quantitative estimate of drug-likeness (QED) is 0.320. The average Bonchev–Trinajstić information content (AvgIpc) is 3.42. The van der Waals surface area contributed by atoms with E-state index < -0.39 is 11.9 Å². The maximum atomic E-state index is 12.5. The summed E-state index contributed by atoms with van der Waals surface area (Å²) in [6.45, 7) is 0. The molecule has 4 rings (SSSR count). The molecule has 2 aliphatic heterocycles. The second-order valence-electron chi connectivity index (χ2n) is 5.89. The van der Waals surface area contributed by atoms with E-state index in [4.69, 9.17) is 14.9 Å². The maximum absolute atomic E-state index is 12.5. The van der Waals surface area contributed by atoms with E-state index in [0.29, 0.717) is 26.5 Å². The van der Waals surface area contributed by atoms with Crippen LogP contribution in [0.3, 0.4) is 0 Å². The number of benzene rings is 1. The molecule has 1 N–H and O–H groups in total. The van der Waals surface area contributed by atoms with Crippen LogP contribution in [0, 0.1) is 5.41 Å². The van der Waals surface area contributed by atoms with E-state index in [0.717, 1.165) is 11.9 Å². The lowest BCUT2D eigenvalue weighted by atomic mass is 10.1. The molecule has 152 valence electrons. The van der Waals surface area contributed by atoms with Gasteiger partial charge >= 0.3 is 5.97 Å². The van der Waals surface area contributed by atoms with Crippen molar-refractivity contribution in [3.05, 3.63) is 51.7 Å². The molecule has 8 nitrogen and oxygen atoms in total. The van der Waals surface area contributed by atoms with Crippen molar-refractivity contribution >= 4 is 69.2 Å². The minimum atomic E-state index is -0.511. The van der Waals surface area contributed by atoms with Crippen molar-refractivity contribution in [1.29, 1.82) is 5.41 Å². The van der Waals surface area contributed by atoms with Gasteiger partial charge in [-0.3, -0.25) is 10.2 Å². The van der Waals surface area contributed by atoms with Crippen molar-refractivity contribution in [3.63, 3.8) is 0 Å². The first kappa shape index (κ1) is 20.4. The van der Waals surface area contributed by atoms with Crippen LogP contribution in [0.1, 0.15) is 15.2 Å². The number of ether oxygens (including phenoxy) is 2. The van der Waals surface area contributed by atoms with Crippen molar-refractivity contribution in [2.24, 2.45) is 9.39 Å². The number of carbonyl (C=O) groups excluding carboxylic acids is 2. The topological polar surface area (TPSA) is 104 Å². The minimum absolute atomic E-state index is 0.00951. The van der Waals surface area contributed by atoms with E-state index in [2.05, 4.69) is 9.39 Å². The molecule has 0 radical (unpaired) electrons. The molecule has 0 saturated carbocycles. The molecular formula is C19H14N4O4S3. The van der Waals surface area contributed by atoms with Crippen molar-refractivity contribution in [2.45, 2.75) is 0 Å². The molecule has 3 heterocycles. The molecule has 1 amide bonds. The van der Waals surface area contributed by atoms with Gasteiger partial charge in [0.1, 0.15) is 10.7 Å². The van der Waals surface area contributed by atoms with Gasteiger partial charge in [-0.05, 0) is 41.5 Å². The summed E-state index contributed by atoms with van der Waals surface area (Å²) in [5.74, 6) is -0.387. The lowest BCUT2D eigenvalue weighted by Crippen LogP contribution is -2.41. The van der Waals surface area contributed by atoms with Gasteiger partial charge in [-0.25, -0.2) is 9.69 Å². The maximum Gasteiger partial charge on any atom is 0.353 e. The van der Waals surface area contributed by atoms with Gasteiger partial charge in [0.2, 0.25) is 5.17 Å². The molecule has 0 saturated heterocycles. The SMILES string of the molecule is COc1cc(/C=C2/C(=N)N3C(SC)=NSC3=NC2=O)ccc1OC(=O)c1cccs1. The number of carbonyl (C=O) groups is 2. The molecular weight excluding hydrogens is 444 g/mol. The number of rotatable bonds is 4. The number of hydrogen-bond donors (Lipinski definition) is 1. The molecule has 0 aliphatic carbocycles. The zero-order valence-corrected chi connectivity index (χ0v) is 18.2. The summed E-state index contributed by atoms with van der Waals surface area (Å²) in [7, 11) is 1.46. The smallest absolute Gasteiger partial charge is 0.353 e. The second-order valence-corrected chi connectivity index (χ2v) is 8.34. The fraction of sp³-hybridized carbons (Fsp3) is 0.105. The van der Waals surface area contributed by atoms with E-state index >= 15 is 0 Å². The van der Waals surface area contributed by atoms with Crippen molar-refractivity contribution in [1.82, 2.24) is 4.90 Å². The number of hydrogen-bond acceptors (Lipinski definition) is 9. The van der Waals surface area contributed by atoms with E-state index in [9.17, 15) is 9.59 Å². The first-order valence-electron chi connectivity index (χ1n) is 8.48. The summed E-state index contributed by atoms with van der Waals surface area (Å²) in [6.07, 6.45) is 3.40. The number of amidine groups is 3. The van der Waals surface area contributed by atoms with Gasteiger partial charge in [-0.2, -0.15) is 9.39 Å². The third-order valence-corrected chi connectivity index (χ3v) is 6.41. The Bertz CT molecular complexity index is 1140. The number of aliphatic imine (C=N–C) groups is 1. The number of fused-ring (bicyclic) bond motifs is 1. The molecule has 30 heavy (non-hydrogen) atoms. The molecule has 0 fully saturated rings. The van der Waals surface area contributed by atoms with Gasteiger partial charge in [0, 0.05) is 0 Å². The van der Waals surface area contributed by atoms with Gasteiger partial charge in [0.15, 0.2) is 16.7 Å². The molecule has 11 heteroatoms. The number of esters is 1. The number of amides is 1. The molecule has 0 atom stereocenters. The Morgan fingerprint density at radius 3 is 2.83 bits per heavy atom. The molecule has 0 unspecified atom stereocenters. The largest absolute Gasteiger partial charge is 0.493 e. The van der Waals surface area contributed by atoms with Crippen LogP contribution in [0.2, 0.25) is 0 Å². The zero-order valence-electron chi connectivity index (χ0n) is 15.7. The van der Waals surface area contributed by atoms with Gasteiger partial charge in [0.25, 0.3) is 5.91 Å². The first-order valence-corrected chi connectivity index (χ1v) is 11.4. The average molecular weight is 459 g/mol. The molecule has 2 aliphatic rings. The zero-order chi connectivity index (χ0) is 21.3. The predicted molar refractivity (Wildman–Crippen MR) is 121 cm³/mol. The number of nitrogens with one attached hydrogen (secondary N) is 1. The molecule has 0 bridgehead atoms. The third kappa shape index (κ3) is 3.78. The van der Waals surface area contributed by atoms with Crippen LogP contribution in [-0.4, -0.2) is 46.3 Å². The predicted octanol–water partition coefficient (Wildman–Crippen LogP) is 3.92. The Morgan fingerprint density at radius 1 is 1.30 bits per heavy atom. The second kappa shape index (κ2) is 8.46. The standard InChI is InChI=1S/C19H14N4O4S3/c1-26-13-9-10(5-6-12(13)27-17(25)14-4-3-7-29-14)8-11-15(20)23-18(21-16(11)24)30-22-19(23)28-2/h3-9,20H,1-2H3/b11-8-,20-15?. The van der Waals surface area contributed by atoms with Crippen LogP contribution in [0.4, 0.5) is 0 Å². The van der Waals surface area contributed by atoms with E-state index in [-0.39, 0.29) is 17.2 Å². The lowest BCUT2D eigenvalue weighted by molar-refractivity contribution is -0.114. The summed E-state index contributed by atoms with van der Waals surface area (Å²) in [5.41, 5.74) is 0.734. The number of thioether (sulfide) groups is 1. The molecule has 1 aromatic heterocycles. The molecule has 0 spiro atoms. The number of nitrogens with zero attached hydrogens (tertiary/aromatic N) is 3. The lowest BCUT2D eigenvalue weighted by Gasteiger charge is -2.23. The van der Waals surface area contributed by atoms with E-state index in [1.165, 1.54) is 35.1 Å². The van der Waals surface area contributed by atoms with E-state index in [1.54, 1.807) is 41.8 Å². The number of thiophene rings is 1. The normalized spacial score (nSPS) is 17.0. The highest BCUT2D eigenvalue weighted by molar-refractivity contribution is 8.18. The monoisotopic (exact) mass is 458 g/mol. The van der Waals surface area contributed by atoms with Crippen LogP contribution >= 0.6 is 35.0 Å². The molecule has 2 aromatic rings. The Hall–Kier alpha value is -2.89. The highest BCUT2D eigenvalue weighted by Crippen LogP contribution is 2.33. The highest BCUT2D eigenvalue weighted by Gasteiger charge is 2.37. The Morgan fingerprint density at radius 2 is 2.13 bits per heavy atom. The fourth-order valence-electron chi connectivity index (χ4n) is 2.70. The number of methoxy groups -OCH3 is 1. The summed E-state index contributed by atoms with van der Waals surface area (Å²) in [5, 5.41) is 11.2. The van der Waals surface area contributed by atoms with E-state index in [1.807, 2.05) is 6.26 Å². The van der Waals surface area contributed by atoms with Crippen LogP contribution < -0.4 is 9.47 Å². The van der Waals surface area contributed by atoms with Crippen molar-refractivity contribution in [2.75, 3.05) is 13.4 Å². The van der Waals surface area contributed by atoms with Gasteiger partial charge in [0.05, 0.1) is 24.6 Å². The minimum Gasteiger partial charge on any atom is -0.493 e. The highest BCUT2D eigenvalue weighted by atomic mass is 32.2. The van der Waals surface area contributed by atoms with Crippen molar-refractivity contribution in [3.8, 4) is 11.5 Å². The fourth-order valence-corrected chi connectivity index (χ4v) is 4.75. The van der Waals surface area contributed by atoms with Gasteiger partial charge < -0.3 is 9.47 Å². The van der Waals surface area contributed by atoms with Crippen LogP contribution in [-0.2, 0) is 4.79 Å². The van der Waals surface area contributed by atoms with Crippen LogP contribution in [0.5, 0.6) is 11.5 Å². The summed E-state index contributed by atoms with van der Waals surface area (Å²) in [4.78, 5) is 30.7. The van der Waals surface area contributed by atoms with Gasteiger partial charge in [-0.1, -0.05) is 23.9 Å². The van der Waals surface area contributed by atoms with Crippen molar-refractivity contribution < 1.29 is 19.1 Å².